The number of para-hydroxylation sites is 2. The fourth-order valence-corrected chi connectivity index (χ4v) is 4.90. The molecule has 2 N–H and O–H groups in total. The molecule has 204 valence electrons. The number of likely N-dealkylation sites (N-methyl/N-ethyl adjacent to an activating group) is 1. The van der Waals surface area contributed by atoms with Crippen LogP contribution in [0.3, 0.4) is 0 Å². The molecule has 1 saturated heterocycles. The van der Waals surface area contributed by atoms with Gasteiger partial charge in [-0.15, -0.1) is 0 Å². The van der Waals surface area contributed by atoms with E-state index in [9.17, 15) is 9.59 Å². The Bertz CT molecular complexity index is 974. The molecule has 0 saturated carbocycles. The smallest absolute Gasteiger partial charge is 0.241 e. The summed E-state index contributed by atoms with van der Waals surface area (Å²) in [5, 5.41) is 6.15. The minimum Gasteiger partial charge on any atom is -0.324 e. The van der Waals surface area contributed by atoms with E-state index in [-0.39, 0.29) is 17.9 Å². The van der Waals surface area contributed by atoms with Crippen LogP contribution in [0.15, 0.2) is 36.4 Å². The van der Waals surface area contributed by atoms with Crippen molar-refractivity contribution in [1.82, 2.24) is 9.80 Å². The van der Waals surface area contributed by atoms with Crippen LogP contribution < -0.4 is 10.6 Å². The standard InChI is InChI=1S/C17H26N2O.C14H22N2O/c1-4-11-19-12-6-5-10-15(19)17(20)18-16-13(2)8-7-9-14(16)3;1-5-16(6-2)10-13(17)15-14-11(3)8-7-9-12(14)4/h7-9,15H,4-6,10-12H2,1-3H3,(H,18,20);7-9H,5-6,10H2,1-4H3,(H,15,17)/t15-;/m0./s1. The van der Waals surface area contributed by atoms with Gasteiger partial charge in [0.2, 0.25) is 11.8 Å². The maximum Gasteiger partial charge on any atom is 0.241 e. The zero-order chi connectivity index (χ0) is 27.4. The van der Waals surface area contributed by atoms with Crippen molar-refractivity contribution in [3.05, 3.63) is 58.7 Å². The predicted octanol–water partition coefficient (Wildman–Crippen LogP) is 6.09. The fraction of sp³-hybridized carbons (Fsp3) is 0.548. The molecule has 0 radical (unpaired) electrons. The Morgan fingerprint density at radius 1 is 0.838 bits per heavy atom. The van der Waals surface area contributed by atoms with Crippen molar-refractivity contribution in [2.45, 2.75) is 80.2 Å². The summed E-state index contributed by atoms with van der Waals surface area (Å²) < 4.78 is 0. The second kappa shape index (κ2) is 15.5. The maximum absolute atomic E-state index is 12.6. The molecule has 0 unspecified atom stereocenters. The van der Waals surface area contributed by atoms with Gasteiger partial charge in [0.15, 0.2) is 0 Å². The number of anilines is 2. The van der Waals surface area contributed by atoms with E-state index in [0.717, 1.165) is 79.1 Å². The molecule has 1 aliphatic rings. The summed E-state index contributed by atoms with van der Waals surface area (Å²) in [6.07, 6.45) is 4.46. The van der Waals surface area contributed by atoms with E-state index in [1.165, 1.54) is 6.42 Å². The quantitative estimate of drug-likeness (QED) is 0.430. The highest BCUT2D eigenvalue weighted by atomic mass is 16.2. The molecule has 0 aliphatic carbocycles. The van der Waals surface area contributed by atoms with E-state index in [1.54, 1.807) is 0 Å². The number of hydrogen-bond acceptors (Lipinski definition) is 4. The highest BCUT2D eigenvalue weighted by Crippen LogP contribution is 2.23. The topological polar surface area (TPSA) is 64.7 Å². The van der Waals surface area contributed by atoms with Gasteiger partial charge in [-0.05, 0) is 95.4 Å². The third-order valence-electron chi connectivity index (χ3n) is 7.16. The number of carbonyl (C=O) groups is 2. The number of piperidine rings is 1. The second-order valence-corrected chi connectivity index (χ2v) is 10.1. The van der Waals surface area contributed by atoms with E-state index in [2.05, 4.69) is 41.2 Å². The number of nitrogens with one attached hydrogen (secondary N) is 2. The van der Waals surface area contributed by atoms with Crippen LogP contribution in [0, 0.1) is 27.7 Å². The summed E-state index contributed by atoms with van der Waals surface area (Å²) in [5.74, 6) is 0.224. The minimum atomic E-state index is 0.0442. The van der Waals surface area contributed by atoms with Gasteiger partial charge < -0.3 is 10.6 Å². The Morgan fingerprint density at radius 2 is 1.35 bits per heavy atom. The van der Waals surface area contributed by atoms with Crippen molar-refractivity contribution in [1.29, 1.82) is 0 Å². The Labute approximate surface area is 224 Å². The monoisotopic (exact) mass is 508 g/mol. The van der Waals surface area contributed by atoms with Crippen molar-refractivity contribution in [2.24, 2.45) is 0 Å². The van der Waals surface area contributed by atoms with E-state index >= 15 is 0 Å². The molecule has 2 amide bonds. The van der Waals surface area contributed by atoms with Crippen LogP contribution in [-0.4, -0.2) is 60.4 Å². The Morgan fingerprint density at radius 3 is 1.84 bits per heavy atom. The van der Waals surface area contributed by atoms with Crippen LogP contribution >= 0.6 is 0 Å². The molecular formula is C31H48N4O2. The summed E-state index contributed by atoms with van der Waals surface area (Å²) in [5.41, 5.74) is 6.42. The van der Waals surface area contributed by atoms with Gasteiger partial charge in [0.25, 0.3) is 0 Å². The van der Waals surface area contributed by atoms with Gasteiger partial charge >= 0.3 is 0 Å². The van der Waals surface area contributed by atoms with Crippen LogP contribution in [0.5, 0.6) is 0 Å². The predicted molar refractivity (Wildman–Crippen MR) is 156 cm³/mol. The van der Waals surface area contributed by atoms with Crippen molar-refractivity contribution in [2.75, 3.05) is 43.4 Å². The molecule has 6 heteroatoms. The van der Waals surface area contributed by atoms with Crippen molar-refractivity contribution >= 4 is 23.2 Å². The van der Waals surface area contributed by atoms with Crippen molar-refractivity contribution in [3.8, 4) is 0 Å². The molecule has 37 heavy (non-hydrogen) atoms. The zero-order valence-electron chi connectivity index (χ0n) is 24.1. The molecule has 0 spiro atoms. The molecule has 1 atom stereocenters. The molecule has 3 rings (SSSR count). The lowest BCUT2D eigenvalue weighted by Gasteiger charge is -2.34. The number of benzene rings is 2. The van der Waals surface area contributed by atoms with Crippen LogP contribution in [0.4, 0.5) is 11.4 Å². The lowest BCUT2D eigenvalue weighted by Crippen LogP contribution is -2.47. The Hall–Kier alpha value is -2.70. The number of amides is 2. The largest absolute Gasteiger partial charge is 0.324 e. The molecular weight excluding hydrogens is 460 g/mol. The first-order valence-electron chi connectivity index (χ1n) is 13.9. The normalized spacial score (nSPS) is 15.6. The summed E-state index contributed by atoms with van der Waals surface area (Å²) in [6.45, 7) is 18.8. The van der Waals surface area contributed by atoms with Crippen molar-refractivity contribution < 1.29 is 9.59 Å². The lowest BCUT2D eigenvalue weighted by molar-refractivity contribution is -0.122. The molecule has 0 aromatic heterocycles. The first-order valence-corrected chi connectivity index (χ1v) is 13.9. The average Bonchev–Trinajstić information content (AvgIpc) is 2.88. The number of carbonyl (C=O) groups excluding carboxylic acids is 2. The van der Waals surface area contributed by atoms with E-state index in [0.29, 0.717) is 6.54 Å². The van der Waals surface area contributed by atoms with Gasteiger partial charge in [-0.3, -0.25) is 19.4 Å². The first kappa shape index (κ1) is 30.5. The zero-order valence-corrected chi connectivity index (χ0v) is 24.1. The molecule has 1 fully saturated rings. The molecule has 1 aliphatic heterocycles. The van der Waals surface area contributed by atoms with E-state index < -0.39 is 0 Å². The number of rotatable bonds is 9. The SMILES string of the molecule is CCCN1CCCC[C@H]1C(=O)Nc1c(C)cccc1C.CCN(CC)CC(=O)Nc1c(C)cccc1C. The summed E-state index contributed by atoms with van der Waals surface area (Å²) in [6, 6.07) is 12.2. The lowest BCUT2D eigenvalue weighted by atomic mass is 10.0. The van der Waals surface area contributed by atoms with E-state index in [4.69, 9.17) is 0 Å². The molecule has 2 aromatic rings. The third-order valence-corrected chi connectivity index (χ3v) is 7.16. The van der Waals surface area contributed by atoms with Gasteiger partial charge in [-0.2, -0.15) is 0 Å². The van der Waals surface area contributed by atoms with Gasteiger partial charge in [-0.1, -0.05) is 63.6 Å². The van der Waals surface area contributed by atoms with Gasteiger partial charge in [0.05, 0.1) is 12.6 Å². The summed E-state index contributed by atoms with van der Waals surface area (Å²) in [4.78, 5) is 28.9. The highest BCUT2D eigenvalue weighted by molar-refractivity contribution is 5.96. The van der Waals surface area contributed by atoms with Crippen LogP contribution in [0.2, 0.25) is 0 Å². The third kappa shape index (κ3) is 9.28. The number of aryl methyl sites for hydroxylation is 4. The highest BCUT2D eigenvalue weighted by Gasteiger charge is 2.28. The number of likely N-dealkylation sites (tertiary alicyclic amines) is 1. The summed E-state index contributed by atoms with van der Waals surface area (Å²) >= 11 is 0. The number of nitrogens with zero attached hydrogens (tertiary/aromatic N) is 2. The molecule has 6 nitrogen and oxygen atoms in total. The first-order chi connectivity index (χ1) is 17.7. The average molecular weight is 509 g/mol. The fourth-order valence-electron chi connectivity index (χ4n) is 4.90. The minimum absolute atomic E-state index is 0.0442. The van der Waals surface area contributed by atoms with Gasteiger partial charge in [0, 0.05) is 11.4 Å². The maximum atomic E-state index is 12.6. The summed E-state index contributed by atoms with van der Waals surface area (Å²) in [7, 11) is 0. The van der Waals surface area contributed by atoms with Crippen LogP contribution in [-0.2, 0) is 9.59 Å². The molecule has 0 bridgehead atoms. The van der Waals surface area contributed by atoms with Gasteiger partial charge in [-0.25, -0.2) is 0 Å². The molecule has 1 heterocycles. The molecule has 2 aromatic carbocycles. The van der Waals surface area contributed by atoms with Crippen LogP contribution in [0.1, 0.15) is 68.7 Å². The Kier molecular flexibility index (Phi) is 12.8. The van der Waals surface area contributed by atoms with E-state index in [1.807, 2.05) is 64.1 Å². The van der Waals surface area contributed by atoms with Crippen LogP contribution in [0.25, 0.3) is 0 Å². The Balaban J connectivity index is 0.000000264. The second-order valence-electron chi connectivity index (χ2n) is 10.1. The van der Waals surface area contributed by atoms with Gasteiger partial charge in [0.1, 0.15) is 0 Å². The van der Waals surface area contributed by atoms with Crippen molar-refractivity contribution in [3.63, 3.8) is 0 Å². The number of hydrogen-bond donors (Lipinski definition) is 2.